The summed E-state index contributed by atoms with van der Waals surface area (Å²) in [6.45, 7) is 0. The van der Waals surface area contributed by atoms with E-state index in [0.717, 1.165) is 44.8 Å². The first kappa shape index (κ1) is 20.0. The lowest BCUT2D eigenvalue weighted by atomic mass is 9.87. The molecule has 160 valence electrons. The molecule has 0 aliphatic heterocycles. The van der Waals surface area contributed by atoms with Crippen molar-refractivity contribution in [3.05, 3.63) is 28.9 Å². The number of nitrogens with one attached hydrogen (secondary N) is 1. The molecule has 3 heterocycles. The van der Waals surface area contributed by atoms with Gasteiger partial charge in [-0.1, -0.05) is 4.49 Å². The molecule has 3 aromatic heterocycles. The normalized spacial score (nSPS) is 15.8. The van der Waals surface area contributed by atoms with Crippen molar-refractivity contribution in [2.24, 2.45) is 5.92 Å². The fourth-order valence-corrected chi connectivity index (χ4v) is 5.81. The molecule has 0 radical (unpaired) electrons. The van der Waals surface area contributed by atoms with Crippen molar-refractivity contribution < 1.29 is 14.4 Å². The fraction of sp³-hybridized carbons (Fsp3) is 0.350. The molecule has 0 spiro atoms. The zero-order valence-corrected chi connectivity index (χ0v) is 18.8. The summed E-state index contributed by atoms with van der Waals surface area (Å²) in [4.78, 5) is 28.8. The molecule has 1 amide bonds. The Morgan fingerprint density at radius 2 is 2.16 bits per heavy atom. The van der Waals surface area contributed by atoms with Crippen LogP contribution < -0.4 is 10.1 Å². The van der Waals surface area contributed by atoms with E-state index < -0.39 is 0 Å². The number of benzene rings is 1. The first-order valence-corrected chi connectivity index (χ1v) is 11.3. The predicted molar refractivity (Wildman–Crippen MR) is 120 cm³/mol. The summed E-state index contributed by atoms with van der Waals surface area (Å²) < 4.78 is 10.5. The summed E-state index contributed by atoms with van der Waals surface area (Å²) in [5.74, 6) is 1.32. The van der Waals surface area contributed by atoms with Crippen molar-refractivity contribution in [3.8, 4) is 5.75 Å². The van der Waals surface area contributed by atoms with Crippen molar-refractivity contribution in [1.29, 1.82) is 0 Å². The van der Waals surface area contributed by atoms with Gasteiger partial charge in [-0.05, 0) is 42.4 Å². The van der Waals surface area contributed by atoms with Gasteiger partial charge in [0.05, 0.1) is 30.0 Å². The van der Waals surface area contributed by atoms with Crippen LogP contribution in [0.5, 0.6) is 5.75 Å². The Morgan fingerprint density at radius 1 is 1.29 bits per heavy atom. The number of carbonyl (C=O) groups is 1. The third-order valence-corrected chi connectivity index (χ3v) is 7.45. The minimum atomic E-state index is -0.0868. The van der Waals surface area contributed by atoms with Crippen LogP contribution in [0.4, 0.5) is 11.5 Å². The number of methoxy groups -OCH3 is 1. The Morgan fingerprint density at radius 3 is 2.97 bits per heavy atom. The second-order valence-corrected chi connectivity index (χ2v) is 9.15. The number of hydrogen-bond acceptors (Lipinski definition) is 10. The number of rotatable bonds is 5. The van der Waals surface area contributed by atoms with E-state index in [2.05, 4.69) is 24.9 Å². The Balaban J connectivity index is 1.52. The Hall–Kier alpha value is -2.89. The molecular formula is C20H20N6O3S2. The van der Waals surface area contributed by atoms with Crippen molar-refractivity contribution in [1.82, 2.24) is 24.6 Å². The van der Waals surface area contributed by atoms with Crippen LogP contribution in [0.2, 0.25) is 0 Å². The molecular weight excluding hydrogens is 436 g/mol. The number of hydrogen-bond donors (Lipinski definition) is 1. The average molecular weight is 457 g/mol. The lowest BCUT2D eigenvalue weighted by molar-refractivity contribution is -0.173. The summed E-state index contributed by atoms with van der Waals surface area (Å²) >= 11 is 2.96. The minimum Gasteiger partial charge on any atom is -0.494 e. The van der Waals surface area contributed by atoms with Crippen LogP contribution in [0.3, 0.4) is 0 Å². The zero-order chi connectivity index (χ0) is 21.5. The molecule has 1 aliphatic rings. The van der Waals surface area contributed by atoms with Gasteiger partial charge < -0.3 is 10.1 Å². The molecule has 9 nitrogen and oxygen atoms in total. The molecule has 1 aliphatic carbocycles. The average Bonchev–Trinajstić information content (AvgIpc) is 3.40. The summed E-state index contributed by atoms with van der Waals surface area (Å²) in [5, 5.41) is 9.87. The number of nitrogens with zero attached hydrogens (tertiary/aromatic N) is 5. The Kier molecular flexibility index (Phi) is 5.16. The highest BCUT2D eigenvalue weighted by Gasteiger charge is 2.31. The number of anilines is 2. The number of amides is 1. The van der Waals surface area contributed by atoms with E-state index in [4.69, 9.17) is 9.57 Å². The Labute approximate surface area is 186 Å². The van der Waals surface area contributed by atoms with Gasteiger partial charge in [0.15, 0.2) is 0 Å². The topological polar surface area (TPSA) is 102 Å². The van der Waals surface area contributed by atoms with Crippen LogP contribution in [0.1, 0.15) is 16.9 Å². The van der Waals surface area contributed by atoms with Gasteiger partial charge >= 0.3 is 0 Å². The molecule has 0 saturated heterocycles. The van der Waals surface area contributed by atoms with Gasteiger partial charge in [0.25, 0.3) is 0 Å². The van der Waals surface area contributed by atoms with Crippen LogP contribution in [-0.2, 0) is 22.5 Å². The van der Waals surface area contributed by atoms with E-state index in [1.165, 1.54) is 34.1 Å². The van der Waals surface area contributed by atoms with E-state index in [1.54, 1.807) is 31.8 Å². The summed E-state index contributed by atoms with van der Waals surface area (Å²) in [5.41, 5.74) is 2.81. The molecule has 1 atom stereocenters. The molecule has 11 heteroatoms. The standard InChI is InChI=1S/C20H20N6O3S2/c1-26(29-3)20(27)10-4-5-11-15(6-10)30-19-17(11)18(21-9-22-19)23-12-8-16-13(24-25-31-16)7-14(12)28-2/h7-10H,4-6H2,1-3H3,(H,21,22,23)/t10-/m0/s1. The van der Waals surface area contributed by atoms with Crippen LogP contribution in [0.15, 0.2) is 18.5 Å². The second kappa shape index (κ2) is 7.98. The van der Waals surface area contributed by atoms with Gasteiger partial charge in [-0.25, -0.2) is 15.0 Å². The smallest absolute Gasteiger partial charge is 0.249 e. The van der Waals surface area contributed by atoms with Gasteiger partial charge in [0.2, 0.25) is 5.91 Å². The quantitative estimate of drug-likeness (QED) is 0.455. The summed E-state index contributed by atoms with van der Waals surface area (Å²) in [6, 6.07) is 3.84. The van der Waals surface area contributed by atoms with Crippen molar-refractivity contribution in [2.45, 2.75) is 19.3 Å². The second-order valence-electron chi connectivity index (χ2n) is 7.28. The van der Waals surface area contributed by atoms with Crippen molar-refractivity contribution in [2.75, 3.05) is 26.6 Å². The molecule has 31 heavy (non-hydrogen) atoms. The van der Waals surface area contributed by atoms with E-state index >= 15 is 0 Å². The third kappa shape index (κ3) is 3.48. The molecule has 4 aromatic rings. The molecule has 1 N–H and O–H groups in total. The van der Waals surface area contributed by atoms with E-state index in [-0.39, 0.29) is 11.8 Å². The highest BCUT2D eigenvalue weighted by molar-refractivity contribution is 7.19. The maximum Gasteiger partial charge on any atom is 0.249 e. The van der Waals surface area contributed by atoms with Gasteiger partial charge in [0.1, 0.15) is 28.2 Å². The first-order valence-electron chi connectivity index (χ1n) is 9.73. The summed E-state index contributed by atoms with van der Waals surface area (Å²) in [6.07, 6.45) is 3.80. The van der Waals surface area contributed by atoms with Gasteiger partial charge in [-0.3, -0.25) is 9.63 Å². The minimum absolute atomic E-state index is 0.00578. The molecule has 5 rings (SSSR count). The predicted octanol–water partition coefficient (Wildman–Crippen LogP) is 3.57. The third-order valence-electron chi connectivity index (χ3n) is 5.60. The zero-order valence-electron chi connectivity index (χ0n) is 17.2. The number of thiophene rings is 1. The van der Waals surface area contributed by atoms with Gasteiger partial charge in [-0.15, -0.1) is 16.4 Å². The molecule has 0 bridgehead atoms. The maximum absolute atomic E-state index is 12.6. The number of fused-ring (bicyclic) bond motifs is 4. The molecule has 1 aromatic carbocycles. The molecule has 0 saturated carbocycles. The monoisotopic (exact) mass is 456 g/mol. The largest absolute Gasteiger partial charge is 0.494 e. The van der Waals surface area contributed by atoms with Gasteiger partial charge in [-0.2, -0.15) is 0 Å². The molecule has 0 fully saturated rings. The number of carbonyl (C=O) groups excluding carboxylic acids is 1. The van der Waals surface area contributed by atoms with Gasteiger partial charge in [0, 0.05) is 23.9 Å². The highest BCUT2D eigenvalue weighted by Crippen LogP contribution is 2.42. The summed E-state index contributed by atoms with van der Waals surface area (Å²) in [7, 11) is 4.79. The molecule has 0 unspecified atom stereocenters. The number of ether oxygens (including phenoxy) is 1. The number of hydroxylamine groups is 2. The maximum atomic E-state index is 12.6. The fourth-order valence-electron chi connectivity index (χ4n) is 3.97. The van der Waals surface area contributed by atoms with E-state index in [9.17, 15) is 4.79 Å². The number of aryl methyl sites for hydroxylation is 1. The van der Waals surface area contributed by atoms with E-state index in [1.807, 2.05) is 12.1 Å². The van der Waals surface area contributed by atoms with Crippen molar-refractivity contribution in [3.63, 3.8) is 0 Å². The van der Waals surface area contributed by atoms with E-state index in [0.29, 0.717) is 12.2 Å². The highest BCUT2D eigenvalue weighted by atomic mass is 32.1. The lowest BCUT2D eigenvalue weighted by Crippen LogP contribution is -2.34. The van der Waals surface area contributed by atoms with Crippen LogP contribution >= 0.6 is 22.9 Å². The van der Waals surface area contributed by atoms with Crippen LogP contribution in [0, 0.1) is 5.92 Å². The Bertz CT molecular complexity index is 1290. The first-order chi connectivity index (χ1) is 15.1. The SMILES string of the molecule is COc1cc2nnsc2cc1Nc1ncnc2sc3c(c12)CC[C@H](C(=O)N(C)OC)C3. The van der Waals surface area contributed by atoms with Crippen LogP contribution in [0.25, 0.3) is 20.4 Å². The van der Waals surface area contributed by atoms with Crippen LogP contribution in [-0.4, -0.2) is 51.8 Å². The number of aromatic nitrogens is 4. The lowest BCUT2D eigenvalue weighted by Gasteiger charge is -2.25. The van der Waals surface area contributed by atoms with Crippen molar-refractivity contribution >= 4 is 60.7 Å².